The molecule has 6 heteroatoms. The molecule has 0 radical (unpaired) electrons. The SMILES string of the molecule is Cc1ccc(S(=O)(=O)NCCNC(=O)c2cccc(C)c2C)cc1. The van der Waals surface area contributed by atoms with E-state index in [4.69, 9.17) is 0 Å². The van der Waals surface area contributed by atoms with Gasteiger partial charge in [-0.1, -0.05) is 29.8 Å². The van der Waals surface area contributed by atoms with Crippen LogP contribution in [-0.4, -0.2) is 27.4 Å². The zero-order valence-corrected chi connectivity index (χ0v) is 14.9. The van der Waals surface area contributed by atoms with E-state index in [0.717, 1.165) is 16.7 Å². The van der Waals surface area contributed by atoms with E-state index in [1.54, 1.807) is 30.3 Å². The quantitative estimate of drug-likeness (QED) is 0.788. The topological polar surface area (TPSA) is 75.3 Å². The third-order valence-electron chi connectivity index (χ3n) is 3.88. The Hall–Kier alpha value is -2.18. The largest absolute Gasteiger partial charge is 0.351 e. The molecule has 0 aliphatic heterocycles. The number of rotatable bonds is 6. The van der Waals surface area contributed by atoms with Crippen molar-refractivity contribution in [3.05, 3.63) is 64.7 Å². The summed E-state index contributed by atoms with van der Waals surface area (Å²) < 4.78 is 26.8. The lowest BCUT2D eigenvalue weighted by atomic mass is 10.0. The first kappa shape index (κ1) is 18.2. The van der Waals surface area contributed by atoms with Crippen molar-refractivity contribution < 1.29 is 13.2 Å². The number of hydrogen-bond acceptors (Lipinski definition) is 3. The molecule has 0 heterocycles. The lowest BCUT2D eigenvalue weighted by Gasteiger charge is -2.10. The number of amides is 1. The molecule has 0 saturated heterocycles. The zero-order valence-electron chi connectivity index (χ0n) is 14.1. The summed E-state index contributed by atoms with van der Waals surface area (Å²) in [4.78, 5) is 12.4. The highest BCUT2D eigenvalue weighted by Crippen LogP contribution is 2.12. The Balaban J connectivity index is 1.89. The molecule has 0 unspecified atom stereocenters. The van der Waals surface area contributed by atoms with Crippen LogP contribution >= 0.6 is 0 Å². The Labute approximate surface area is 143 Å². The summed E-state index contributed by atoms with van der Waals surface area (Å²) >= 11 is 0. The van der Waals surface area contributed by atoms with Crippen molar-refractivity contribution in [2.75, 3.05) is 13.1 Å². The molecule has 0 spiro atoms. The molecule has 1 amide bonds. The summed E-state index contributed by atoms with van der Waals surface area (Å²) in [5.74, 6) is -0.203. The van der Waals surface area contributed by atoms with Gasteiger partial charge in [0.05, 0.1) is 4.90 Å². The molecule has 0 bridgehead atoms. The molecule has 2 aromatic carbocycles. The molecule has 128 valence electrons. The average molecular weight is 346 g/mol. The second-order valence-corrected chi connectivity index (χ2v) is 7.48. The molecule has 2 aromatic rings. The maximum absolute atomic E-state index is 12.2. The van der Waals surface area contributed by atoms with Gasteiger partial charge in [0.15, 0.2) is 0 Å². The standard InChI is InChI=1S/C18H22N2O3S/c1-13-7-9-16(10-8-13)24(22,23)20-12-11-19-18(21)17-6-4-5-14(2)15(17)3/h4-10,20H,11-12H2,1-3H3,(H,19,21). The Kier molecular flexibility index (Phi) is 5.75. The molecule has 2 rings (SSSR count). The Bertz CT molecular complexity index is 828. The molecule has 24 heavy (non-hydrogen) atoms. The van der Waals surface area contributed by atoms with E-state index in [2.05, 4.69) is 10.0 Å². The van der Waals surface area contributed by atoms with Gasteiger partial charge in [0.2, 0.25) is 10.0 Å². The lowest BCUT2D eigenvalue weighted by molar-refractivity contribution is 0.0953. The van der Waals surface area contributed by atoms with Crippen molar-refractivity contribution in [3.63, 3.8) is 0 Å². The smallest absolute Gasteiger partial charge is 0.251 e. The third-order valence-corrected chi connectivity index (χ3v) is 5.36. The van der Waals surface area contributed by atoms with E-state index in [-0.39, 0.29) is 23.9 Å². The summed E-state index contributed by atoms with van der Waals surface area (Å²) in [6.45, 7) is 6.09. The number of carbonyl (C=O) groups excluding carboxylic acids is 1. The molecule has 2 N–H and O–H groups in total. The number of carbonyl (C=O) groups is 1. The summed E-state index contributed by atoms with van der Waals surface area (Å²) in [6.07, 6.45) is 0. The van der Waals surface area contributed by atoms with Crippen molar-refractivity contribution in [1.82, 2.24) is 10.0 Å². The van der Waals surface area contributed by atoms with Crippen molar-refractivity contribution in [3.8, 4) is 0 Å². The minimum absolute atomic E-state index is 0.132. The summed E-state index contributed by atoms with van der Waals surface area (Å²) in [7, 11) is -3.56. The van der Waals surface area contributed by atoms with Gasteiger partial charge in [-0.25, -0.2) is 13.1 Å². The van der Waals surface area contributed by atoms with Gasteiger partial charge in [-0.05, 0) is 50.1 Å². The van der Waals surface area contributed by atoms with Gasteiger partial charge in [-0.3, -0.25) is 4.79 Å². The number of nitrogens with one attached hydrogen (secondary N) is 2. The molecule has 0 aromatic heterocycles. The molecule has 0 fully saturated rings. The second-order valence-electron chi connectivity index (χ2n) is 5.71. The van der Waals surface area contributed by atoms with Crippen LogP contribution in [0.5, 0.6) is 0 Å². The monoisotopic (exact) mass is 346 g/mol. The predicted molar refractivity (Wildman–Crippen MR) is 94.6 cm³/mol. The van der Waals surface area contributed by atoms with Gasteiger partial charge in [0, 0.05) is 18.7 Å². The first-order chi connectivity index (χ1) is 11.3. The van der Waals surface area contributed by atoms with Crippen molar-refractivity contribution in [2.45, 2.75) is 25.7 Å². The predicted octanol–water partition coefficient (Wildman–Crippen LogP) is 2.32. The van der Waals surface area contributed by atoms with Crippen LogP contribution in [0.25, 0.3) is 0 Å². The Morgan fingerprint density at radius 1 is 0.958 bits per heavy atom. The van der Waals surface area contributed by atoms with Gasteiger partial charge in [0.25, 0.3) is 5.91 Å². The van der Waals surface area contributed by atoms with Crippen LogP contribution in [0.3, 0.4) is 0 Å². The zero-order chi connectivity index (χ0) is 17.7. The fourth-order valence-electron chi connectivity index (χ4n) is 2.25. The molecule has 0 saturated carbocycles. The average Bonchev–Trinajstić information content (AvgIpc) is 2.54. The van der Waals surface area contributed by atoms with Crippen molar-refractivity contribution in [2.24, 2.45) is 0 Å². The van der Waals surface area contributed by atoms with Crippen LogP contribution in [-0.2, 0) is 10.0 Å². The number of benzene rings is 2. The van der Waals surface area contributed by atoms with Crippen LogP contribution < -0.4 is 10.0 Å². The number of hydrogen-bond donors (Lipinski definition) is 2. The van der Waals surface area contributed by atoms with E-state index in [1.165, 1.54) is 0 Å². The van der Waals surface area contributed by atoms with E-state index in [0.29, 0.717) is 5.56 Å². The van der Waals surface area contributed by atoms with Crippen molar-refractivity contribution in [1.29, 1.82) is 0 Å². The van der Waals surface area contributed by atoms with Crippen LogP contribution in [0.2, 0.25) is 0 Å². The molecule has 0 atom stereocenters. The summed E-state index contributed by atoms with van der Waals surface area (Å²) in [5, 5.41) is 2.73. The first-order valence-corrected chi connectivity index (χ1v) is 9.20. The Morgan fingerprint density at radius 3 is 2.29 bits per heavy atom. The molecule has 5 nitrogen and oxygen atoms in total. The van der Waals surface area contributed by atoms with E-state index in [9.17, 15) is 13.2 Å². The van der Waals surface area contributed by atoms with E-state index >= 15 is 0 Å². The van der Waals surface area contributed by atoms with Crippen LogP contribution in [0.15, 0.2) is 47.4 Å². The highest BCUT2D eigenvalue weighted by molar-refractivity contribution is 7.89. The summed E-state index contributed by atoms with van der Waals surface area (Å²) in [5.41, 5.74) is 3.57. The minimum Gasteiger partial charge on any atom is -0.351 e. The highest BCUT2D eigenvalue weighted by Gasteiger charge is 2.13. The van der Waals surface area contributed by atoms with E-state index < -0.39 is 10.0 Å². The van der Waals surface area contributed by atoms with Gasteiger partial charge in [-0.2, -0.15) is 0 Å². The molecule has 0 aliphatic carbocycles. The van der Waals surface area contributed by atoms with Crippen LogP contribution in [0.4, 0.5) is 0 Å². The minimum atomic E-state index is -3.56. The van der Waals surface area contributed by atoms with Gasteiger partial charge >= 0.3 is 0 Å². The number of sulfonamides is 1. The fourth-order valence-corrected chi connectivity index (χ4v) is 3.29. The molecule has 0 aliphatic rings. The van der Waals surface area contributed by atoms with E-state index in [1.807, 2.05) is 32.9 Å². The maximum atomic E-state index is 12.2. The third kappa shape index (κ3) is 4.43. The highest BCUT2D eigenvalue weighted by atomic mass is 32.2. The van der Waals surface area contributed by atoms with Crippen LogP contribution in [0, 0.1) is 20.8 Å². The van der Waals surface area contributed by atoms with Gasteiger partial charge < -0.3 is 5.32 Å². The summed E-state index contributed by atoms with van der Waals surface area (Å²) in [6, 6.07) is 12.2. The normalized spacial score (nSPS) is 11.3. The fraction of sp³-hybridized carbons (Fsp3) is 0.278. The molecular weight excluding hydrogens is 324 g/mol. The van der Waals surface area contributed by atoms with Crippen LogP contribution in [0.1, 0.15) is 27.0 Å². The first-order valence-electron chi connectivity index (χ1n) is 7.72. The van der Waals surface area contributed by atoms with Crippen molar-refractivity contribution >= 4 is 15.9 Å². The number of aryl methyl sites for hydroxylation is 2. The second kappa shape index (κ2) is 7.59. The van der Waals surface area contributed by atoms with Gasteiger partial charge in [-0.15, -0.1) is 0 Å². The lowest BCUT2D eigenvalue weighted by Crippen LogP contribution is -2.35. The maximum Gasteiger partial charge on any atom is 0.251 e. The van der Waals surface area contributed by atoms with Gasteiger partial charge in [0.1, 0.15) is 0 Å². The molecular formula is C18H22N2O3S. The Morgan fingerprint density at radius 2 is 1.62 bits per heavy atom.